The quantitative estimate of drug-likeness (QED) is 0.263. The van der Waals surface area contributed by atoms with Gasteiger partial charge in [0.25, 0.3) is 0 Å². The molecule has 34 heavy (non-hydrogen) atoms. The third-order valence-electron chi connectivity index (χ3n) is 3.98. The van der Waals surface area contributed by atoms with Gasteiger partial charge < -0.3 is 29.2 Å². The van der Waals surface area contributed by atoms with Crippen molar-refractivity contribution in [2.75, 3.05) is 32.8 Å². The van der Waals surface area contributed by atoms with Gasteiger partial charge in [0.1, 0.15) is 22.8 Å². The number of carbonyl (C=O) groups excluding carboxylic acids is 3. The van der Waals surface area contributed by atoms with Crippen LogP contribution in [-0.2, 0) is 23.7 Å². The Kier molecular flexibility index (Phi) is 10.6. The predicted molar refractivity (Wildman–Crippen MR) is 128 cm³/mol. The number of ether oxygens (including phenoxy) is 4. The fourth-order valence-corrected chi connectivity index (χ4v) is 2.76. The average Bonchev–Trinajstić information content (AvgIpc) is 2.62. The standard InChI is InChI=1S/C23H42N4O7/c1-21(2,3)32-17(28)16(25-19(29)33-22(4,5)6)10-11-24-18(27-12-14-31-15-13-27)26-20(30)34-23(7,8)9/h16H,10-15H2,1-9H3,(H,25,29)(H,24,26,30)/t16-/m0/s1. The van der Waals surface area contributed by atoms with Crippen molar-refractivity contribution in [2.45, 2.75) is 91.6 Å². The number of nitrogens with zero attached hydrogens (tertiary/aromatic N) is 2. The molecule has 0 aliphatic carbocycles. The highest BCUT2D eigenvalue weighted by atomic mass is 16.6. The van der Waals surface area contributed by atoms with Gasteiger partial charge in [0.15, 0.2) is 0 Å². The van der Waals surface area contributed by atoms with Crippen LogP contribution in [0.3, 0.4) is 0 Å². The summed E-state index contributed by atoms with van der Waals surface area (Å²) in [5, 5.41) is 5.26. The van der Waals surface area contributed by atoms with Crippen LogP contribution in [-0.4, -0.2) is 84.7 Å². The van der Waals surface area contributed by atoms with Gasteiger partial charge in [0, 0.05) is 19.6 Å². The second-order valence-electron chi connectivity index (χ2n) is 11.0. The molecule has 1 aliphatic heterocycles. The number of alkyl carbamates (subject to hydrolysis) is 2. The summed E-state index contributed by atoms with van der Waals surface area (Å²) >= 11 is 0. The van der Waals surface area contributed by atoms with Crippen molar-refractivity contribution in [1.82, 2.24) is 15.5 Å². The first-order valence-corrected chi connectivity index (χ1v) is 11.5. The fraction of sp³-hybridized carbons (Fsp3) is 0.826. The zero-order valence-electron chi connectivity index (χ0n) is 22.1. The van der Waals surface area contributed by atoms with E-state index in [4.69, 9.17) is 18.9 Å². The molecule has 0 radical (unpaired) electrons. The Labute approximate surface area is 202 Å². The van der Waals surface area contributed by atoms with Crippen molar-refractivity contribution < 1.29 is 33.3 Å². The summed E-state index contributed by atoms with van der Waals surface area (Å²) in [7, 11) is 0. The molecule has 2 N–H and O–H groups in total. The number of aliphatic imine (C=N–C) groups is 1. The highest BCUT2D eigenvalue weighted by Crippen LogP contribution is 2.12. The number of nitrogens with one attached hydrogen (secondary N) is 2. The number of hydrogen-bond donors (Lipinski definition) is 2. The lowest BCUT2D eigenvalue weighted by Crippen LogP contribution is -2.50. The van der Waals surface area contributed by atoms with E-state index in [-0.39, 0.29) is 13.0 Å². The van der Waals surface area contributed by atoms with Gasteiger partial charge >= 0.3 is 18.2 Å². The number of morpholine rings is 1. The van der Waals surface area contributed by atoms with Gasteiger partial charge in [-0.2, -0.15) is 0 Å². The molecule has 1 rings (SSSR count). The van der Waals surface area contributed by atoms with E-state index in [1.54, 1.807) is 62.3 Å². The fourth-order valence-electron chi connectivity index (χ4n) is 2.76. The zero-order valence-corrected chi connectivity index (χ0v) is 22.1. The van der Waals surface area contributed by atoms with E-state index >= 15 is 0 Å². The molecule has 0 spiro atoms. The summed E-state index contributed by atoms with van der Waals surface area (Å²) in [6, 6.07) is -0.981. The number of esters is 1. The largest absolute Gasteiger partial charge is 0.458 e. The molecule has 0 unspecified atom stereocenters. The van der Waals surface area contributed by atoms with Crippen molar-refractivity contribution in [3.63, 3.8) is 0 Å². The highest BCUT2D eigenvalue weighted by Gasteiger charge is 2.29. The Morgan fingerprint density at radius 3 is 1.85 bits per heavy atom. The lowest BCUT2D eigenvalue weighted by atomic mass is 10.1. The molecule has 1 heterocycles. The zero-order chi connectivity index (χ0) is 26.2. The third-order valence-corrected chi connectivity index (χ3v) is 3.98. The van der Waals surface area contributed by atoms with Crippen LogP contribution in [0.15, 0.2) is 4.99 Å². The monoisotopic (exact) mass is 486 g/mol. The summed E-state index contributed by atoms with van der Waals surface area (Å²) < 4.78 is 21.4. The Morgan fingerprint density at radius 1 is 0.853 bits per heavy atom. The first-order valence-electron chi connectivity index (χ1n) is 11.5. The number of rotatable bonds is 5. The molecular weight excluding hydrogens is 444 g/mol. The van der Waals surface area contributed by atoms with E-state index in [0.29, 0.717) is 32.3 Å². The first kappa shape index (κ1) is 29.5. The minimum Gasteiger partial charge on any atom is -0.458 e. The van der Waals surface area contributed by atoms with Gasteiger partial charge in [-0.3, -0.25) is 10.3 Å². The van der Waals surface area contributed by atoms with Gasteiger partial charge in [-0.25, -0.2) is 14.4 Å². The van der Waals surface area contributed by atoms with Crippen LogP contribution in [0.2, 0.25) is 0 Å². The molecule has 0 bridgehead atoms. The molecule has 1 atom stereocenters. The molecular formula is C23H42N4O7. The van der Waals surface area contributed by atoms with Gasteiger partial charge in [-0.15, -0.1) is 0 Å². The number of guanidine groups is 1. The summed E-state index contributed by atoms with van der Waals surface area (Å²) in [6.45, 7) is 17.9. The van der Waals surface area contributed by atoms with Crippen molar-refractivity contribution in [3.05, 3.63) is 0 Å². The van der Waals surface area contributed by atoms with Crippen molar-refractivity contribution in [3.8, 4) is 0 Å². The van der Waals surface area contributed by atoms with Crippen molar-refractivity contribution in [1.29, 1.82) is 0 Å². The maximum absolute atomic E-state index is 12.7. The smallest absolute Gasteiger partial charge is 0.414 e. The Morgan fingerprint density at radius 2 is 1.35 bits per heavy atom. The van der Waals surface area contributed by atoms with Crippen molar-refractivity contribution >= 4 is 24.1 Å². The van der Waals surface area contributed by atoms with Gasteiger partial charge in [0.05, 0.1) is 13.2 Å². The molecule has 11 nitrogen and oxygen atoms in total. The maximum atomic E-state index is 12.7. The maximum Gasteiger partial charge on any atom is 0.414 e. The van der Waals surface area contributed by atoms with Crippen LogP contribution in [0, 0.1) is 0 Å². The Balaban J connectivity index is 2.96. The van der Waals surface area contributed by atoms with Crippen molar-refractivity contribution in [2.24, 2.45) is 4.99 Å². The van der Waals surface area contributed by atoms with E-state index in [9.17, 15) is 14.4 Å². The molecule has 11 heteroatoms. The molecule has 2 amide bonds. The second kappa shape index (κ2) is 12.2. The SMILES string of the molecule is CC(C)(C)OC(=O)NC(=NCC[C@H](NC(=O)OC(C)(C)C)C(=O)OC(C)(C)C)N1CCOCC1. The van der Waals surface area contributed by atoms with E-state index < -0.39 is 41.0 Å². The molecule has 0 aromatic rings. The molecule has 0 saturated carbocycles. The molecule has 1 aliphatic rings. The minimum atomic E-state index is -0.981. The number of amides is 2. The first-order chi connectivity index (χ1) is 15.5. The Bertz CT molecular complexity index is 727. The summed E-state index contributed by atoms with van der Waals surface area (Å²) in [4.78, 5) is 43.7. The topological polar surface area (TPSA) is 128 Å². The van der Waals surface area contributed by atoms with Gasteiger partial charge in [-0.05, 0) is 68.7 Å². The average molecular weight is 487 g/mol. The van der Waals surface area contributed by atoms with E-state index in [1.165, 1.54) is 0 Å². The number of hydrogen-bond acceptors (Lipinski definition) is 8. The summed E-state index contributed by atoms with van der Waals surface area (Å²) in [5.41, 5.74) is -2.12. The lowest BCUT2D eigenvalue weighted by Gasteiger charge is -2.30. The minimum absolute atomic E-state index is 0.127. The van der Waals surface area contributed by atoms with Crippen LogP contribution >= 0.6 is 0 Å². The molecule has 196 valence electrons. The van der Waals surface area contributed by atoms with E-state index in [0.717, 1.165) is 0 Å². The van der Waals surface area contributed by atoms with Gasteiger partial charge in [0.2, 0.25) is 5.96 Å². The normalized spacial score (nSPS) is 16.4. The molecule has 1 fully saturated rings. The predicted octanol–water partition coefficient (Wildman–Crippen LogP) is 2.82. The molecule has 0 aromatic heterocycles. The van der Waals surface area contributed by atoms with Crippen LogP contribution in [0.5, 0.6) is 0 Å². The third kappa shape index (κ3) is 13.2. The molecule has 0 aromatic carbocycles. The summed E-state index contributed by atoms with van der Waals surface area (Å²) in [5.74, 6) is -0.278. The van der Waals surface area contributed by atoms with Crippen LogP contribution < -0.4 is 10.6 Å². The van der Waals surface area contributed by atoms with Crippen LogP contribution in [0.25, 0.3) is 0 Å². The highest BCUT2D eigenvalue weighted by molar-refractivity contribution is 5.94. The lowest BCUT2D eigenvalue weighted by molar-refractivity contribution is -0.157. The second-order valence-corrected chi connectivity index (χ2v) is 11.0. The van der Waals surface area contributed by atoms with E-state index in [2.05, 4.69) is 15.6 Å². The van der Waals surface area contributed by atoms with Crippen LogP contribution in [0.4, 0.5) is 9.59 Å². The molecule has 1 saturated heterocycles. The van der Waals surface area contributed by atoms with E-state index in [1.807, 2.05) is 4.90 Å². The van der Waals surface area contributed by atoms with Crippen LogP contribution in [0.1, 0.15) is 68.7 Å². The number of carbonyl (C=O) groups is 3. The Hall–Kier alpha value is -2.56. The van der Waals surface area contributed by atoms with Gasteiger partial charge in [-0.1, -0.05) is 0 Å². The summed E-state index contributed by atoms with van der Waals surface area (Å²) in [6.07, 6.45) is -1.22.